The Balaban J connectivity index is 1.76. The summed E-state index contributed by atoms with van der Waals surface area (Å²) in [6.45, 7) is 6.49. The van der Waals surface area contributed by atoms with E-state index in [4.69, 9.17) is 0 Å². The highest BCUT2D eigenvalue weighted by atomic mass is 16.3. The van der Waals surface area contributed by atoms with Crippen molar-refractivity contribution >= 4 is 5.91 Å². The number of nitrogens with zero attached hydrogens (tertiary/aromatic N) is 3. The fourth-order valence-electron chi connectivity index (χ4n) is 3.56. The molecule has 0 spiro atoms. The Labute approximate surface area is 149 Å². The van der Waals surface area contributed by atoms with Crippen LogP contribution in [-0.4, -0.2) is 38.6 Å². The molecule has 0 aliphatic carbocycles. The van der Waals surface area contributed by atoms with Crippen LogP contribution in [0.1, 0.15) is 60.3 Å². The summed E-state index contributed by atoms with van der Waals surface area (Å²) >= 11 is 0. The molecule has 1 aliphatic rings. The Hall–Kier alpha value is -2.30. The number of rotatable bonds is 5. The maximum atomic E-state index is 12.9. The van der Waals surface area contributed by atoms with Crippen LogP contribution in [0.2, 0.25) is 0 Å². The predicted molar refractivity (Wildman–Crippen MR) is 97.9 cm³/mol. The van der Waals surface area contributed by atoms with Crippen LogP contribution in [0.3, 0.4) is 0 Å². The summed E-state index contributed by atoms with van der Waals surface area (Å²) in [6, 6.07) is 5.18. The summed E-state index contributed by atoms with van der Waals surface area (Å²) in [6.07, 6.45) is 8.20. The summed E-state index contributed by atoms with van der Waals surface area (Å²) in [5.74, 6) is 1.32. The number of phenolic OH excluding ortho intramolecular Hbond substituents is 1. The first-order chi connectivity index (χ1) is 12.1. The monoisotopic (exact) mass is 341 g/mol. The number of carbonyl (C=O) groups excluding carboxylic acids is 1. The number of hydrogen-bond donors (Lipinski definition) is 1. The number of amides is 1. The lowest BCUT2D eigenvalue weighted by Gasteiger charge is -2.33. The zero-order chi connectivity index (χ0) is 17.8. The number of unbranched alkanes of at least 4 members (excludes halogenated alkanes) is 1. The quantitative estimate of drug-likeness (QED) is 0.902. The summed E-state index contributed by atoms with van der Waals surface area (Å²) in [5, 5.41) is 10.1. The van der Waals surface area contributed by atoms with Crippen LogP contribution in [0.25, 0.3) is 0 Å². The molecule has 1 aromatic heterocycles. The molecule has 0 saturated carbocycles. The summed E-state index contributed by atoms with van der Waals surface area (Å²) in [4.78, 5) is 19.3. The Morgan fingerprint density at radius 3 is 3.04 bits per heavy atom. The summed E-state index contributed by atoms with van der Waals surface area (Å²) in [5.41, 5.74) is 1.37. The topological polar surface area (TPSA) is 58.4 Å². The number of aromatic hydroxyl groups is 1. The number of hydrogen-bond acceptors (Lipinski definition) is 3. The van der Waals surface area contributed by atoms with E-state index < -0.39 is 0 Å². The molecule has 1 saturated heterocycles. The van der Waals surface area contributed by atoms with E-state index in [0.717, 1.165) is 50.2 Å². The van der Waals surface area contributed by atoms with Gasteiger partial charge in [-0.3, -0.25) is 4.79 Å². The first-order valence-corrected chi connectivity index (χ1v) is 9.20. The molecule has 2 heterocycles. The maximum absolute atomic E-state index is 12.9. The number of piperidine rings is 1. The highest BCUT2D eigenvalue weighted by Crippen LogP contribution is 2.28. The molecule has 1 fully saturated rings. The molecule has 1 aromatic carbocycles. The van der Waals surface area contributed by atoms with Crippen molar-refractivity contribution in [3.05, 3.63) is 47.5 Å². The van der Waals surface area contributed by atoms with E-state index >= 15 is 0 Å². The Morgan fingerprint density at radius 2 is 2.24 bits per heavy atom. The number of likely N-dealkylation sites (tertiary alicyclic amines) is 1. The van der Waals surface area contributed by atoms with Crippen molar-refractivity contribution in [2.45, 2.75) is 52.0 Å². The number of aryl methyl sites for hydroxylation is 2. The van der Waals surface area contributed by atoms with E-state index in [9.17, 15) is 9.90 Å². The second-order valence-corrected chi connectivity index (χ2v) is 6.94. The van der Waals surface area contributed by atoms with Crippen molar-refractivity contribution in [3.63, 3.8) is 0 Å². The zero-order valence-electron chi connectivity index (χ0n) is 15.1. The number of phenols is 1. The van der Waals surface area contributed by atoms with Gasteiger partial charge in [0.2, 0.25) is 0 Å². The van der Waals surface area contributed by atoms with Gasteiger partial charge in [0.1, 0.15) is 11.6 Å². The Kier molecular flexibility index (Phi) is 5.41. The molecule has 0 radical (unpaired) electrons. The van der Waals surface area contributed by atoms with Crippen LogP contribution in [0.5, 0.6) is 5.75 Å². The van der Waals surface area contributed by atoms with E-state index in [2.05, 4.69) is 16.5 Å². The predicted octanol–water partition coefficient (Wildman–Crippen LogP) is 3.72. The van der Waals surface area contributed by atoms with Gasteiger partial charge in [-0.05, 0) is 38.3 Å². The molecule has 1 unspecified atom stereocenters. The second-order valence-electron chi connectivity index (χ2n) is 6.94. The van der Waals surface area contributed by atoms with Crippen LogP contribution < -0.4 is 0 Å². The minimum absolute atomic E-state index is 0.0576. The van der Waals surface area contributed by atoms with Gasteiger partial charge in [-0.15, -0.1) is 0 Å². The third-order valence-corrected chi connectivity index (χ3v) is 4.96. The van der Waals surface area contributed by atoms with Crippen molar-refractivity contribution in [2.24, 2.45) is 0 Å². The minimum atomic E-state index is -0.0856. The first-order valence-electron chi connectivity index (χ1n) is 9.20. The molecule has 134 valence electrons. The smallest absolute Gasteiger partial charge is 0.257 e. The van der Waals surface area contributed by atoms with E-state index in [-0.39, 0.29) is 17.6 Å². The summed E-state index contributed by atoms with van der Waals surface area (Å²) < 4.78 is 2.23. The number of aromatic nitrogens is 2. The van der Waals surface area contributed by atoms with E-state index in [0.29, 0.717) is 12.1 Å². The van der Waals surface area contributed by atoms with Crippen LogP contribution in [0, 0.1) is 6.92 Å². The van der Waals surface area contributed by atoms with Gasteiger partial charge in [0.15, 0.2) is 0 Å². The van der Waals surface area contributed by atoms with Crippen molar-refractivity contribution in [1.82, 2.24) is 14.5 Å². The molecular weight excluding hydrogens is 314 g/mol. The van der Waals surface area contributed by atoms with Crippen LogP contribution in [0.15, 0.2) is 30.6 Å². The van der Waals surface area contributed by atoms with Gasteiger partial charge in [0.25, 0.3) is 5.91 Å². The average molecular weight is 341 g/mol. The molecule has 1 N–H and O–H groups in total. The van der Waals surface area contributed by atoms with Gasteiger partial charge in [-0.2, -0.15) is 0 Å². The molecule has 1 amide bonds. The molecule has 0 bridgehead atoms. The van der Waals surface area contributed by atoms with Gasteiger partial charge in [-0.25, -0.2) is 4.98 Å². The molecule has 1 atom stereocenters. The van der Waals surface area contributed by atoms with Gasteiger partial charge in [0, 0.05) is 37.9 Å². The molecule has 25 heavy (non-hydrogen) atoms. The number of benzene rings is 1. The summed E-state index contributed by atoms with van der Waals surface area (Å²) in [7, 11) is 0. The van der Waals surface area contributed by atoms with Crippen molar-refractivity contribution in [1.29, 1.82) is 0 Å². The third-order valence-electron chi connectivity index (χ3n) is 4.96. The molecule has 2 aromatic rings. The SMILES string of the molecule is CCCCn1ccnc1C1CCCN(C(=O)c2cc(C)ccc2O)C1. The van der Waals surface area contributed by atoms with E-state index in [1.807, 2.05) is 30.3 Å². The molecule has 3 rings (SSSR count). The van der Waals surface area contributed by atoms with Crippen LogP contribution >= 0.6 is 0 Å². The number of carbonyl (C=O) groups is 1. The molecular formula is C20H27N3O2. The van der Waals surface area contributed by atoms with Gasteiger partial charge >= 0.3 is 0 Å². The molecule has 5 nitrogen and oxygen atoms in total. The lowest BCUT2D eigenvalue weighted by molar-refractivity contribution is 0.0700. The van der Waals surface area contributed by atoms with Crippen molar-refractivity contribution in [2.75, 3.05) is 13.1 Å². The van der Waals surface area contributed by atoms with E-state index in [1.165, 1.54) is 0 Å². The van der Waals surface area contributed by atoms with Gasteiger partial charge in [-0.1, -0.05) is 25.0 Å². The fraction of sp³-hybridized carbons (Fsp3) is 0.500. The standard InChI is InChI=1S/C20H27N3O2/c1-3-4-10-22-12-9-21-19(22)16-6-5-11-23(14-16)20(25)17-13-15(2)7-8-18(17)24/h7-9,12-13,16,24H,3-6,10-11,14H2,1-2H3. The lowest BCUT2D eigenvalue weighted by Crippen LogP contribution is -2.39. The third kappa shape index (κ3) is 3.86. The zero-order valence-corrected chi connectivity index (χ0v) is 15.1. The fourth-order valence-corrected chi connectivity index (χ4v) is 3.56. The first kappa shape index (κ1) is 17.5. The van der Waals surface area contributed by atoms with Crippen LogP contribution in [0.4, 0.5) is 0 Å². The highest BCUT2D eigenvalue weighted by Gasteiger charge is 2.29. The second kappa shape index (κ2) is 7.72. The van der Waals surface area contributed by atoms with Gasteiger partial charge < -0.3 is 14.6 Å². The lowest BCUT2D eigenvalue weighted by atomic mass is 9.96. The maximum Gasteiger partial charge on any atom is 0.257 e. The normalized spacial score (nSPS) is 17.7. The Morgan fingerprint density at radius 1 is 1.40 bits per heavy atom. The average Bonchev–Trinajstić information content (AvgIpc) is 3.10. The van der Waals surface area contributed by atoms with Crippen molar-refractivity contribution < 1.29 is 9.90 Å². The molecule has 5 heteroatoms. The number of imidazole rings is 1. The molecule has 1 aliphatic heterocycles. The van der Waals surface area contributed by atoms with E-state index in [1.54, 1.807) is 12.1 Å². The largest absolute Gasteiger partial charge is 0.507 e. The van der Waals surface area contributed by atoms with Gasteiger partial charge in [0.05, 0.1) is 5.56 Å². The highest BCUT2D eigenvalue weighted by molar-refractivity contribution is 5.97. The van der Waals surface area contributed by atoms with Crippen molar-refractivity contribution in [3.8, 4) is 5.75 Å². The Bertz CT molecular complexity index is 738. The van der Waals surface area contributed by atoms with Crippen LogP contribution in [-0.2, 0) is 6.54 Å². The minimum Gasteiger partial charge on any atom is -0.507 e.